The summed E-state index contributed by atoms with van der Waals surface area (Å²) in [6.07, 6.45) is 1.86. The third-order valence-electron chi connectivity index (χ3n) is 3.26. The molecule has 0 bridgehead atoms. The number of aryl methyl sites for hydroxylation is 1. The van der Waals surface area contributed by atoms with Crippen LogP contribution >= 0.6 is 0 Å². The van der Waals surface area contributed by atoms with Crippen LogP contribution in [0.1, 0.15) is 17.2 Å². The van der Waals surface area contributed by atoms with Crippen molar-refractivity contribution in [3.05, 3.63) is 59.8 Å². The van der Waals surface area contributed by atoms with Crippen molar-refractivity contribution in [2.75, 3.05) is 7.05 Å². The number of hydrogen-bond acceptors (Lipinski definition) is 3. The molecule has 4 heteroatoms. The Hall–Kier alpha value is -2.20. The van der Waals surface area contributed by atoms with Gasteiger partial charge < -0.3 is 4.98 Å². The summed E-state index contributed by atoms with van der Waals surface area (Å²) in [5.74, 6) is 0.991. The summed E-state index contributed by atoms with van der Waals surface area (Å²) >= 11 is 0. The van der Waals surface area contributed by atoms with E-state index in [4.69, 9.17) is 0 Å². The quantitative estimate of drug-likeness (QED) is 0.789. The van der Waals surface area contributed by atoms with Crippen LogP contribution in [0.2, 0.25) is 0 Å². The molecular weight excluding hydrogens is 248 g/mol. The fourth-order valence-corrected chi connectivity index (χ4v) is 2.33. The van der Waals surface area contributed by atoms with E-state index < -0.39 is 0 Å². The predicted molar refractivity (Wildman–Crippen MR) is 80.2 cm³/mol. The number of fused-ring (bicyclic) bond motifs is 1. The fraction of sp³-hybridized carbons (Fsp3) is 0.250. The first-order chi connectivity index (χ1) is 9.70. The average Bonchev–Trinajstić information content (AvgIpc) is 2.83. The third kappa shape index (κ3) is 2.86. The van der Waals surface area contributed by atoms with Crippen LogP contribution in [0.4, 0.5) is 0 Å². The van der Waals surface area contributed by atoms with E-state index in [0.29, 0.717) is 0 Å². The van der Waals surface area contributed by atoms with Gasteiger partial charge in [0.25, 0.3) is 0 Å². The van der Waals surface area contributed by atoms with Crippen molar-refractivity contribution in [2.45, 2.75) is 20.0 Å². The zero-order valence-electron chi connectivity index (χ0n) is 11.8. The van der Waals surface area contributed by atoms with Gasteiger partial charge in [0.1, 0.15) is 5.82 Å². The molecule has 2 heterocycles. The summed E-state index contributed by atoms with van der Waals surface area (Å²) in [6.45, 7) is 3.62. The maximum Gasteiger partial charge on any atom is 0.120 e. The Balaban J connectivity index is 1.72. The van der Waals surface area contributed by atoms with Crippen molar-refractivity contribution < 1.29 is 0 Å². The molecule has 3 aromatic rings. The number of para-hydroxylation sites is 1. The van der Waals surface area contributed by atoms with Crippen LogP contribution in [0.15, 0.2) is 42.6 Å². The molecule has 0 radical (unpaired) electrons. The first-order valence-corrected chi connectivity index (χ1v) is 6.74. The lowest BCUT2D eigenvalue weighted by Gasteiger charge is -2.14. The van der Waals surface area contributed by atoms with E-state index in [0.717, 1.165) is 35.8 Å². The molecule has 1 aromatic carbocycles. The highest BCUT2D eigenvalue weighted by Crippen LogP contribution is 2.13. The first kappa shape index (κ1) is 12.8. The van der Waals surface area contributed by atoms with Gasteiger partial charge in [-0.2, -0.15) is 0 Å². The van der Waals surface area contributed by atoms with Crippen molar-refractivity contribution in [3.63, 3.8) is 0 Å². The molecule has 0 atom stereocenters. The fourth-order valence-electron chi connectivity index (χ4n) is 2.33. The maximum atomic E-state index is 4.69. The van der Waals surface area contributed by atoms with E-state index in [1.807, 2.05) is 25.3 Å². The summed E-state index contributed by atoms with van der Waals surface area (Å²) in [5, 5.41) is 1.18. The van der Waals surface area contributed by atoms with Crippen molar-refractivity contribution >= 4 is 10.9 Å². The minimum Gasteiger partial charge on any atom is -0.345 e. The van der Waals surface area contributed by atoms with Crippen molar-refractivity contribution in [2.24, 2.45) is 0 Å². The van der Waals surface area contributed by atoms with Gasteiger partial charge >= 0.3 is 0 Å². The Morgan fingerprint density at radius 3 is 2.75 bits per heavy atom. The number of nitrogens with one attached hydrogen (secondary N) is 1. The Labute approximate surface area is 118 Å². The molecule has 0 saturated carbocycles. The topological polar surface area (TPSA) is 44.8 Å². The molecule has 3 rings (SSSR count). The van der Waals surface area contributed by atoms with Crippen LogP contribution in [-0.4, -0.2) is 26.9 Å². The monoisotopic (exact) mass is 266 g/mol. The summed E-state index contributed by atoms with van der Waals surface area (Å²) < 4.78 is 0. The molecule has 0 amide bonds. The van der Waals surface area contributed by atoms with Crippen LogP contribution in [0.3, 0.4) is 0 Å². The van der Waals surface area contributed by atoms with E-state index in [1.165, 1.54) is 5.39 Å². The molecule has 0 spiro atoms. The van der Waals surface area contributed by atoms with E-state index in [1.54, 1.807) is 0 Å². The number of benzene rings is 1. The lowest BCUT2D eigenvalue weighted by Crippen LogP contribution is -2.18. The van der Waals surface area contributed by atoms with Crippen LogP contribution in [0, 0.1) is 6.92 Å². The minimum atomic E-state index is 0.794. The molecule has 0 aliphatic carbocycles. The van der Waals surface area contributed by atoms with Gasteiger partial charge in [-0.15, -0.1) is 0 Å². The number of pyridine rings is 1. The standard InChI is InChI=1S/C16H18N4/c1-12-9-17-16(18-12)11-20(2)10-14-8-7-13-5-3-4-6-15(13)19-14/h3-9H,10-11H2,1-2H3,(H,17,18). The smallest absolute Gasteiger partial charge is 0.120 e. The van der Waals surface area contributed by atoms with E-state index in [2.05, 4.69) is 51.2 Å². The van der Waals surface area contributed by atoms with E-state index >= 15 is 0 Å². The lowest BCUT2D eigenvalue weighted by atomic mass is 10.2. The van der Waals surface area contributed by atoms with Gasteiger partial charge in [0, 0.05) is 23.8 Å². The highest BCUT2D eigenvalue weighted by molar-refractivity contribution is 5.78. The number of rotatable bonds is 4. The normalized spacial score (nSPS) is 11.3. The van der Waals surface area contributed by atoms with Gasteiger partial charge in [0.15, 0.2) is 0 Å². The molecule has 0 aliphatic heterocycles. The molecule has 2 aromatic heterocycles. The molecular formula is C16H18N4. The highest BCUT2D eigenvalue weighted by atomic mass is 15.1. The summed E-state index contributed by atoms with van der Waals surface area (Å²) in [5.41, 5.74) is 3.22. The summed E-state index contributed by atoms with van der Waals surface area (Å²) in [6, 6.07) is 12.4. The Kier molecular flexibility index (Phi) is 3.48. The minimum absolute atomic E-state index is 0.794. The molecule has 0 fully saturated rings. The van der Waals surface area contributed by atoms with Gasteiger partial charge in [-0.25, -0.2) is 4.98 Å². The van der Waals surface area contributed by atoms with Gasteiger partial charge in [0.2, 0.25) is 0 Å². The molecule has 0 saturated heterocycles. The lowest BCUT2D eigenvalue weighted by molar-refractivity contribution is 0.308. The number of H-pyrrole nitrogens is 1. The van der Waals surface area contributed by atoms with Gasteiger partial charge in [-0.05, 0) is 26.1 Å². The largest absolute Gasteiger partial charge is 0.345 e. The van der Waals surface area contributed by atoms with Crippen LogP contribution < -0.4 is 0 Å². The molecule has 102 valence electrons. The average molecular weight is 266 g/mol. The Morgan fingerprint density at radius 1 is 1.10 bits per heavy atom. The summed E-state index contributed by atoms with van der Waals surface area (Å²) in [4.78, 5) is 14.5. The van der Waals surface area contributed by atoms with Crippen LogP contribution in [0.25, 0.3) is 10.9 Å². The van der Waals surface area contributed by atoms with Gasteiger partial charge in [-0.3, -0.25) is 9.88 Å². The second kappa shape index (κ2) is 5.43. The molecule has 20 heavy (non-hydrogen) atoms. The van der Waals surface area contributed by atoms with Crippen molar-refractivity contribution in [1.82, 2.24) is 19.9 Å². The molecule has 1 N–H and O–H groups in total. The number of hydrogen-bond donors (Lipinski definition) is 1. The SMILES string of the molecule is Cc1cnc(CN(C)Cc2ccc3ccccc3n2)[nH]1. The highest BCUT2D eigenvalue weighted by Gasteiger charge is 2.06. The number of aromatic amines is 1. The Morgan fingerprint density at radius 2 is 1.95 bits per heavy atom. The second-order valence-corrected chi connectivity index (χ2v) is 5.18. The van der Waals surface area contributed by atoms with Gasteiger partial charge in [0.05, 0.1) is 17.8 Å². The molecule has 0 unspecified atom stereocenters. The second-order valence-electron chi connectivity index (χ2n) is 5.18. The molecule has 0 aliphatic rings. The van der Waals surface area contributed by atoms with Crippen molar-refractivity contribution in [1.29, 1.82) is 0 Å². The zero-order chi connectivity index (χ0) is 13.9. The van der Waals surface area contributed by atoms with E-state index in [-0.39, 0.29) is 0 Å². The zero-order valence-corrected chi connectivity index (χ0v) is 11.8. The number of nitrogens with zero attached hydrogens (tertiary/aromatic N) is 3. The van der Waals surface area contributed by atoms with E-state index in [9.17, 15) is 0 Å². The van der Waals surface area contributed by atoms with Crippen molar-refractivity contribution in [3.8, 4) is 0 Å². The number of imidazole rings is 1. The predicted octanol–water partition coefficient (Wildman–Crippen LogP) is 2.90. The maximum absolute atomic E-state index is 4.69. The number of aromatic nitrogens is 3. The molecule has 4 nitrogen and oxygen atoms in total. The summed E-state index contributed by atoms with van der Waals surface area (Å²) in [7, 11) is 2.08. The van der Waals surface area contributed by atoms with Gasteiger partial charge in [-0.1, -0.05) is 24.3 Å². The van der Waals surface area contributed by atoms with Crippen LogP contribution in [-0.2, 0) is 13.1 Å². The Bertz CT molecular complexity index is 717. The van der Waals surface area contributed by atoms with Crippen LogP contribution in [0.5, 0.6) is 0 Å². The first-order valence-electron chi connectivity index (χ1n) is 6.74. The third-order valence-corrected chi connectivity index (χ3v) is 3.26.